The van der Waals surface area contributed by atoms with Gasteiger partial charge in [-0.25, -0.2) is 4.79 Å². The average molecular weight is 253 g/mol. The minimum absolute atomic E-state index is 0.272. The molecular formula is C16H15NO2. The molecule has 0 atom stereocenters. The van der Waals surface area contributed by atoms with Crippen LogP contribution in [0.2, 0.25) is 0 Å². The molecule has 1 aliphatic heterocycles. The number of esters is 1. The third kappa shape index (κ3) is 1.78. The van der Waals surface area contributed by atoms with Crippen LogP contribution in [0.1, 0.15) is 17.0 Å². The van der Waals surface area contributed by atoms with Gasteiger partial charge in [-0.1, -0.05) is 30.3 Å². The van der Waals surface area contributed by atoms with Crippen LogP contribution in [0, 0.1) is 0 Å². The van der Waals surface area contributed by atoms with Crippen LogP contribution < -0.4 is 0 Å². The van der Waals surface area contributed by atoms with E-state index in [9.17, 15) is 4.79 Å². The first-order chi connectivity index (χ1) is 9.22. The van der Waals surface area contributed by atoms with Crippen molar-refractivity contribution in [2.24, 2.45) is 7.05 Å². The lowest BCUT2D eigenvalue weighted by Crippen LogP contribution is -2.16. The Hall–Kier alpha value is -2.29. The van der Waals surface area contributed by atoms with Gasteiger partial charge in [0.05, 0.1) is 18.4 Å². The molecule has 3 heteroatoms. The minimum Gasteiger partial charge on any atom is -0.465 e. The molecule has 3 rings (SSSR count). The second-order valence-corrected chi connectivity index (χ2v) is 4.66. The number of benzene rings is 1. The third-order valence-electron chi connectivity index (χ3n) is 3.65. The van der Waals surface area contributed by atoms with Crippen molar-refractivity contribution in [2.45, 2.75) is 6.42 Å². The fraction of sp³-hybridized carbons (Fsp3) is 0.188. The highest BCUT2D eigenvalue weighted by Gasteiger charge is 2.27. The van der Waals surface area contributed by atoms with E-state index in [1.807, 2.05) is 43.4 Å². The van der Waals surface area contributed by atoms with Gasteiger partial charge in [0.15, 0.2) is 0 Å². The molecule has 0 fully saturated rings. The Labute approximate surface area is 112 Å². The summed E-state index contributed by atoms with van der Waals surface area (Å²) in [6.07, 6.45) is 0.755. The first kappa shape index (κ1) is 11.8. The third-order valence-corrected chi connectivity index (χ3v) is 3.65. The molecule has 19 heavy (non-hydrogen) atoms. The zero-order chi connectivity index (χ0) is 13.4. The zero-order valence-electron chi connectivity index (χ0n) is 11.0. The van der Waals surface area contributed by atoms with Gasteiger partial charge in [-0.2, -0.15) is 0 Å². The highest BCUT2D eigenvalue weighted by molar-refractivity contribution is 6.24. The number of ether oxygens (including phenoxy) is 1. The van der Waals surface area contributed by atoms with E-state index in [1.165, 1.54) is 12.8 Å². The van der Waals surface area contributed by atoms with E-state index in [4.69, 9.17) is 4.74 Å². The molecule has 1 aromatic heterocycles. The quantitative estimate of drug-likeness (QED) is 0.770. The van der Waals surface area contributed by atoms with Crippen LogP contribution in [0.15, 0.2) is 42.5 Å². The normalized spacial score (nSPS) is 13.6. The predicted octanol–water partition coefficient (Wildman–Crippen LogP) is 2.67. The molecule has 96 valence electrons. The van der Waals surface area contributed by atoms with Gasteiger partial charge in [0.1, 0.15) is 0 Å². The Bertz CT molecular complexity index is 665. The minimum atomic E-state index is -0.272. The maximum Gasteiger partial charge on any atom is 0.340 e. The fourth-order valence-electron chi connectivity index (χ4n) is 2.62. The lowest BCUT2D eigenvalue weighted by Gasteiger charge is -2.20. The number of allylic oxidation sites excluding steroid dienone is 1. The lowest BCUT2D eigenvalue weighted by molar-refractivity contribution is -0.133. The van der Waals surface area contributed by atoms with Crippen LogP contribution >= 0.6 is 0 Å². The number of aromatic nitrogens is 1. The largest absolute Gasteiger partial charge is 0.465 e. The van der Waals surface area contributed by atoms with Crippen molar-refractivity contribution in [3.05, 3.63) is 59.4 Å². The van der Waals surface area contributed by atoms with Gasteiger partial charge in [-0.05, 0) is 23.3 Å². The molecule has 1 aromatic carbocycles. The summed E-state index contributed by atoms with van der Waals surface area (Å²) in [4.78, 5) is 12.1. The summed E-state index contributed by atoms with van der Waals surface area (Å²) in [7, 11) is 3.41. The molecule has 1 aliphatic rings. The Balaban J connectivity index is 2.22. The molecule has 0 spiro atoms. The van der Waals surface area contributed by atoms with Crippen molar-refractivity contribution in [3.8, 4) is 0 Å². The maximum absolute atomic E-state index is 12.1. The van der Waals surface area contributed by atoms with E-state index in [0.29, 0.717) is 5.57 Å². The first-order valence-electron chi connectivity index (χ1n) is 6.24. The SMILES string of the molecule is COC(=O)C1=C(c2ccccc2)Cc2ccc1n2C. The molecule has 3 nitrogen and oxygen atoms in total. The van der Waals surface area contributed by atoms with Gasteiger partial charge in [-0.3, -0.25) is 0 Å². The van der Waals surface area contributed by atoms with E-state index >= 15 is 0 Å². The Morgan fingerprint density at radius 3 is 2.58 bits per heavy atom. The highest BCUT2D eigenvalue weighted by Crippen LogP contribution is 2.35. The molecule has 0 aliphatic carbocycles. The van der Waals surface area contributed by atoms with Gasteiger partial charge in [0.25, 0.3) is 0 Å². The van der Waals surface area contributed by atoms with Gasteiger partial charge in [0.2, 0.25) is 0 Å². The van der Waals surface area contributed by atoms with Crippen LogP contribution in [-0.4, -0.2) is 17.6 Å². The van der Waals surface area contributed by atoms with E-state index < -0.39 is 0 Å². The molecular weight excluding hydrogens is 238 g/mol. The molecule has 0 saturated heterocycles. The molecule has 0 N–H and O–H groups in total. The van der Waals surface area contributed by atoms with Crippen LogP contribution in [0.5, 0.6) is 0 Å². The molecule has 2 heterocycles. The molecule has 0 radical (unpaired) electrons. The topological polar surface area (TPSA) is 31.2 Å². The van der Waals surface area contributed by atoms with Gasteiger partial charge < -0.3 is 9.30 Å². The fourth-order valence-corrected chi connectivity index (χ4v) is 2.62. The van der Waals surface area contributed by atoms with E-state index in [1.54, 1.807) is 0 Å². The van der Waals surface area contributed by atoms with Crippen molar-refractivity contribution in [1.82, 2.24) is 4.57 Å². The maximum atomic E-state index is 12.1. The molecule has 2 bridgehead atoms. The first-order valence-corrected chi connectivity index (χ1v) is 6.24. The highest BCUT2D eigenvalue weighted by atomic mass is 16.5. The number of methoxy groups -OCH3 is 1. The summed E-state index contributed by atoms with van der Waals surface area (Å²) in [5.41, 5.74) is 4.93. The monoisotopic (exact) mass is 253 g/mol. The number of rotatable bonds is 2. The Kier molecular flexibility index (Phi) is 2.75. The van der Waals surface area contributed by atoms with E-state index in [0.717, 1.165) is 23.3 Å². The van der Waals surface area contributed by atoms with Crippen molar-refractivity contribution in [2.75, 3.05) is 7.11 Å². The Morgan fingerprint density at radius 2 is 1.89 bits per heavy atom. The average Bonchev–Trinajstić information content (AvgIpc) is 2.70. The van der Waals surface area contributed by atoms with Crippen molar-refractivity contribution in [1.29, 1.82) is 0 Å². The van der Waals surface area contributed by atoms with Crippen molar-refractivity contribution < 1.29 is 9.53 Å². The summed E-state index contributed by atoms with van der Waals surface area (Å²) in [6, 6.07) is 14.1. The van der Waals surface area contributed by atoms with Crippen LogP contribution in [0.4, 0.5) is 0 Å². The zero-order valence-corrected chi connectivity index (χ0v) is 11.0. The van der Waals surface area contributed by atoms with Gasteiger partial charge in [0, 0.05) is 19.2 Å². The predicted molar refractivity (Wildman–Crippen MR) is 74.4 cm³/mol. The van der Waals surface area contributed by atoms with Crippen molar-refractivity contribution >= 4 is 17.1 Å². The summed E-state index contributed by atoms with van der Waals surface area (Å²) in [6.45, 7) is 0. The number of hydrogen-bond acceptors (Lipinski definition) is 2. The molecule has 0 saturated carbocycles. The van der Waals surface area contributed by atoms with Crippen molar-refractivity contribution in [3.63, 3.8) is 0 Å². The summed E-state index contributed by atoms with van der Waals surface area (Å²) >= 11 is 0. The second kappa shape index (κ2) is 4.43. The van der Waals surface area contributed by atoms with Crippen LogP contribution in [0.25, 0.3) is 11.1 Å². The van der Waals surface area contributed by atoms with Crippen LogP contribution in [-0.2, 0) is 23.0 Å². The van der Waals surface area contributed by atoms with E-state index in [2.05, 4.69) is 10.6 Å². The Morgan fingerprint density at radius 1 is 1.16 bits per heavy atom. The molecule has 0 unspecified atom stereocenters. The standard InChI is InChI=1S/C16H15NO2/c1-17-12-8-9-14(17)15(16(18)19-2)13(10-12)11-6-4-3-5-7-11/h3-9H,10H2,1-2H3. The smallest absolute Gasteiger partial charge is 0.340 e. The van der Waals surface area contributed by atoms with Gasteiger partial charge in [-0.15, -0.1) is 0 Å². The van der Waals surface area contributed by atoms with Crippen LogP contribution in [0.3, 0.4) is 0 Å². The van der Waals surface area contributed by atoms with E-state index in [-0.39, 0.29) is 5.97 Å². The number of nitrogens with zero attached hydrogens (tertiary/aromatic N) is 1. The summed E-state index contributed by atoms with van der Waals surface area (Å²) < 4.78 is 7.01. The number of fused-ring (bicyclic) bond motifs is 2. The molecule has 0 amide bonds. The number of carbonyl (C=O) groups is 1. The summed E-state index contributed by atoms with van der Waals surface area (Å²) in [5, 5.41) is 0. The number of carbonyl (C=O) groups excluding carboxylic acids is 1. The second-order valence-electron chi connectivity index (χ2n) is 4.66. The summed E-state index contributed by atoms with van der Waals surface area (Å²) in [5.74, 6) is -0.272. The lowest BCUT2D eigenvalue weighted by atomic mass is 9.93. The number of hydrogen-bond donors (Lipinski definition) is 0. The van der Waals surface area contributed by atoms with Gasteiger partial charge >= 0.3 is 5.97 Å². The molecule has 2 aromatic rings.